The summed E-state index contributed by atoms with van der Waals surface area (Å²) in [5.74, 6) is 1.99. The zero-order chi connectivity index (χ0) is 34.0. The van der Waals surface area contributed by atoms with Crippen LogP contribution in [0.5, 0.6) is 5.75 Å². The fourth-order valence-electron chi connectivity index (χ4n) is 6.88. The number of ether oxygens (including phenoxy) is 1. The van der Waals surface area contributed by atoms with E-state index in [9.17, 15) is 0 Å². The molecule has 0 bridgehead atoms. The van der Waals surface area contributed by atoms with Gasteiger partial charge in [-0.3, -0.25) is 0 Å². The topological polar surface area (TPSA) is 48.8 Å². The molecule has 7 heteroatoms. The van der Waals surface area contributed by atoms with Crippen LogP contribution in [0.4, 0.5) is 0 Å². The van der Waals surface area contributed by atoms with E-state index in [4.69, 9.17) is 14.7 Å². The van der Waals surface area contributed by atoms with Crippen LogP contribution in [0, 0.1) is 18.5 Å². The van der Waals surface area contributed by atoms with Gasteiger partial charge in [-0.1, -0.05) is 115 Å². The standard InChI is InChI=1S/C44H33N5O.Pt/c1-44(2,3)30-21-23-45-42(25-30)49-38-17-10-9-15-35(38)36-20-19-32(27-40(36)49)50-41-26-31(48-28-47(4)39-18-11-22-46-43(39)48)24-29-12-5-6-13-33(29)34-14-7-8-16-37(34)41;/h5-25H,1-4H3;/q-2;/b29-24?,31-24+,34-33?,41-37?;. The fourth-order valence-corrected chi connectivity index (χ4v) is 6.88. The van der Waals surface area contributed by atoms with E-state index >= 15 is 0 Å². The Hall–Kier alpha value is -5.58. The number of hydrogen-bond donors (Lipinski definition) is 0. The van der Waals surface area contributed by atoms with Crippen LogP contribution in [-0.4, -0.2) is 19.1 Å². The van der Waals surface area contributed by atoms with E-state index in [0.29, 0.717) is 11.5 Å². The molecule has 4 heterocycles. The maximum atomic E-state index is 6.90. The largest absolute Gasteiger partial charge is 0.509 e. The van der Waals surface area contributed by atoms with Crippen molar-refractivity contribution in [3.05, 3.63) is 157 Å². The quantitative estimate of drug-likeness (QED) is 0.131. The molecule has 0 unspecified atom stereocenters. The molecule has 9 rings (SSSR count). The zero-order valence-corrected chi connectivity index (χ0v) is 30.9. The second-order valence-electron chi connectivity index (χ2n) is 13.6. The minimum atomic E-state index is -0.0266. The zero-order valence-electron chi connectivity index (χ0n) is 28.6. The Bertz CT molecular complexity index is 2690. The molecule has 0 saturated heterocycles. The summed E-state index contributed by atoms with van der Waals surface area (Å²) >= 11 is 0. The number of benzene rings is 4. The Morgan fingerprint density at radius 3 is 2.31 bits per heavy atom. The van der Waals surface area contributed by atoms with Gasteiger partial charge in [-0.25, -0.2) is 4.98 Å². The van der Waals surface area contributed by atoms with Crippen molar-refractivity contribution in [2.75, 3.05) is 0 Å². The summed E-state index contributed by atoms with van der Waals surface area (Å²) in [4.78, 5) is 9.57. The van der Waals surface area contributed by atoms with E-state index in [1.807, 2.05) is 46.6 Å². The molecule has 0 N–H and O–H groups in total. The van der Waals surface area contributed by atoms with Crippen LogP contribution in [0.15, 0.2) is 122 Å². The predicted molar refractivity (Wildman–Crippen MR) is 199 cm³/mol. The van der Waals surface area contributed by atoms with Crippen molar-refractivity contribution in [3.63, 3.8) is 0 Å². The number of fused-ring (bicyclic) bond motifs is 7. The first kappa shape index (κ1) is 32.6. The number of rotatable bonds is 4. The van der Waals surface area contributed by atoms with Crippen molar-refractivity contribution >= 4 is 50.5 Å². The minimum Gasteiger partial charge on any atom is -0.509 e. The second kappa shape index (κ2) is 12.6. The Labute approximate surface area is 311 Å². The van der Waals surface area contributed by atoms with Gasteiger partial charge in [0.25, 0.3) is 0 Å². The molecule has 0 radical (unpaired) electrons. The van der Waals surface area contributed by atoms with Crippen LogP contribution in [0.2, 0.25) is 0 Å². The Morgan fingerprint density at radius 1 is 0.725 bits per heavy atom. The number of aryl methyl sites for hydroxylation is 1. The van der Waals surface area contributed by atoms with Crippen molar-refractivity contribution in [1.29, 1.82) is 0 Å². The molecule has 0 fully saturated rings. The summed E-state index contributed by atoms with van der Waals surface area (Å²) in [6, 6.07) is 41.2. The van der Waals surface area contributed by atoms with E-state index in [1.165, 1.54) is 5.56 Å². The van der Waals surface area contributed by atoms with Crippen molar-refractivity contribution in [3.8, 4) is 22.7 Å². The number of imidazole rings is 1. The van der Waals surface area contributed by atoms with Crippen molar-refractivity contribution in [1.82, 2.24) is 19.1 Å². The molecule has 0 amide bonds. The van der Waals surface area contributed by atoms with Gasteiger partial charge in [0.05, 0.1) is 11.7 Å². The monoisotopic (exact) mass is 842 g/mol. The third-order valence-corrected chi connectivity index (χ3v) is 9.40. The fraction of sp³-hybridized carbons (Fsp3) is 0.114. The molecule has 1 aliphatic rings. The maximum absolute atomic E-state index is 6.90. The summed E-state index contributed by atoms with van der Waals surface area (Å²) in [6.07, 6.45) is 12.9. The maximum Gasteiger partial charge on any atom is 0.181 e. The summed E-state index contributed by atoms with van der Waals surface area (Å²) in [6.45, 7) is 6.66. The molecule has 4 aromatic heterocycles. The van der Waals surface area contributed by atoms with E-state index in [0.717, 1.165) is 66.7 Å². The van der Waals surface area contributed by atoms with E-state index in [1.54, 1.807) is 6.20 Å². The summed E-state index contributed by atoms with van der Waals surface area (Å²) in [7, 11) is 1.98. The van der Waals surface area contributed by atoms with Crippen LogP contribution in [0.25, 0.3) is 67.4 Å². The number of para-hydroxylation sites is 1. The van der Waals surface area contributed by atoms with Crippen LogP contribution in [-0.2, 0) is 33.5 Å². The molecule has 0 saturated carbocycles. The van der Waals surface area contributed by atoms with Gasteiger partial charge in [0.15, 0.2) is 12.0 Å². The second-order valence-corrected chi connectivity index (χ2v) is 13.6. The molecule has 8 aromatic rings. The third kappa shape index (κ3) is 5.60. The van der Waals surface area contributed by atoms with E-state index < -0.39 is 0 Å². The minimum absolute atomic E-state index is 0. The van der Waals surface area contributed by atoms with Crippen LogP contribution in [0.1, 0.15) is 37.5 Å². The SMILES string of the molecule is Cn1[c-][n+](/C2=C/c3ccccc3-c3ccccc3C(Oc3[c-]c4c(cc3)c3ccccc3n4-c3cc(C(C)(C)C)ccn3)=[C-]2)c2ncccc21.[Pt]. The van der Waals surface area contributed by atoms with Crippen LogP contribution < -0.4 is 9.30 Å². The van der Waals surface area contributed by atoms with E-state index in [2.05, 4.69) is 135 Å². The van der Waals surface area contributed by atoms with Gasteiger partial charge in [0, 0.05) is 51.3 Å². The molecule has 4 aromatic carbocycles. The first-order valence-corrected chi connectivity index (χ1v) is 16.7. The molecule has 0 aliphatic heterocycles. The first-order valence-electron chi connectivity index (χ1n) is 16.7. The molecule has 0 spiro atoms. The smallest absolute Gasteiger partial charge is 0.181 e. The van der Waals surface area contributed by atoms with Crippen molar-refractivity contribution in [2.24, 2.45) is 7.05 Å². The number of pyridine rings is 2. The third-order valence-electron chi connectivity index (χ3n) is 9.40. The van der Waals surface area contributed by atoms with Crippen LogP contribution in [0.3, 0.4) is 0 Å². The normalized spacial score (nSPS) is 13.8. The number of nitrogens with zero attached hydrogens (tertiary/aromatic N) is 5. The van der Waals surface area contributed by atoms with Gasteiger partial charge in [0.2, 0.25) is 0 Å². The number of hydrogen-bond acceptors (Lipinski definition) is 3. The van der Waals surface area contributed by atoms with Crippen LogP contribution >= 0.6 is 0 Å². The molecule has 0 atom stereocenters. The van der Waals surface area contributed by atoms with Gasteiger partial charge in [-0.15, -0.1) is 29.7 Å². The molecule has 6 nitrogen and oxygen atoms in total. The van der Waals surface area contributed by atoms with Gasteiger partial charge >= 0.3 is 0 Å². The van der Waals surface area contributed by atoms with Gasteiger partial charge in [-0.05, 0) is 46.2 Å². The van der Waals surface area contributed by atoms with E-state index in [-0.39, 0.29) is 26.5 Å². The predicted octanol–water partition coefficient (Wildman–Crippen LogP) is 9.15. The summed E-state index contributed by atoms with van der Waals surface area (Å²) < 4.78 is 13.0. The molecule has 1 aliphatic carbocycles. The summed E-state index contributed by atoms with van der Waals surface area (Å²) in [5, 5.41) is 2.21. The average molecular weight is 843 g/mol. The molecular weight excluding hydrogens is 810 g/mol. The van der Waals surface area contributed by atoms with Gasteiger partial charge in [0.1, 0.15) is 5.82 Å². The molecule has 252 valence electrons. The Balaban J connectivity index is 0.00000374. The average Bonchev–Trinajstić information content (AvgIpc) is 3.64. The number of aromatic nitrogens is 5. The summed E-state index contributed by atoms with van der Waals surface area (Å²) in [5.41, 5.74) is 9.79. The van der Waals surface area contributed by atoms with Gasteiger partial charge < -0.3 is 18.4 Å². The number of allylic oxidation sites excluding steroid dienone is 2. The first-order chi connectivity index (χ1) is 24.3. The molecular formula is C44H33N5OPt-2. The van der Waals surface area contributed by atoms with Crippen molar-refractivity contribution < 1.29 is 30.4 Å². The molecule has 51 heavy (non-hydrogen) atoms. The van der Waals surface area contributed by atoms with Crippen molar-refractivity contribution in [2.45, 2.75) is 26.2 Å². The Morgan fingerprint density at radius 2 is 1.47 bits per heavy atom. The van der Waals surface area contributed by atoms with Gasteiger partial charge in [-0.2, -0.15) is 17.1 Å². The Kier molecular flexibility index (Phi) is 8.08.